The molecule has 34 heavy (non-hydrogen) atoms. The van der Waals surface area contributed by atoms with E-state index in [9.17, 15) is 10.1 Å². The van der Waals surface area contributed by atoms with Crippen LogP contribution in [-0.2, 0) is 17.8 Å². The highest BCUT2D eigenvalue weighted by Crippen LogP contribution is 2.36. The first-order valence-corrected chi connectivity index (χ1v) is 12.1. The number of hydrogen-bond acceptors (Lipinski definition) is 4. The van der Waals surface area contributed by atoms with Crippen LogP contribution in [0.15, 0.2) is 60.2 Å². The zero-order chi connectivity index (χ0) is 24.7. The summed E-state index contributed by atoms with van der Waals surface area (Å²) in [4.78, 5) is 12.6. The van der Waals surface area contributed by atoms with Gasteiger partial charge in [0.25, 0.3) is 5.91 Å². The third-order valence-corrected chi connectivity index (χ3v) is 6.48. The number of hydrogen-bond donors (Lipinski definition) is 1. The number of halogens is 3. The van der Waals surface area contributed by atoms with Crippen molar-refractivity contribution in [2.45, 2.75) is 20.0 Å². The number of ether oxygens (including phenoxy) is 2. The molecule has 0 aromatic heterocycles. The van der Waals surface area contributed by atoms with Crippen LogP contribution >= 0.6 is 45.8 Å². The van der Waals surface area contributed by atoms with Crippen LogP contribution in [0.5, 0.6) is 11.5 Å². The van der Waals surface area contributed by atoms with Gasteiger partial charge in [-0.2, -0.15) is 5.26 Å². The molecular formula is C26H21Cl2IN2O3. The van der Waals surface area contributed by atoms with Gasteiger partial charge in [0, 0.05) is 21.3 Å². The molecule has 0 aliphatic heterocycles. The molecule has 0 spiro atoms. The molecule has 1 N–H and O–H groups in total. The molecule has 5 nitrogen and oxygen atoms in total. The van der Waals surface area contributed by atoms with Gasteiger partial charge in [0.2, 0.25) is 0 Å². The summed E-state index contributed by atoms with van der Waals surface area (Å²) in [7, 11) is 1.52. The Balaban J connectivity index is 1.82. The zero-order valence-corrected chi connectivity index (χ0v) is 22.2. The largest absolute Gasteiger partial charge is 0.493 e. The van der Waals surface area contributed by atoms with Crippen molar-refractivity contribution in [1.29, 1.82) is 5.26 Å². The highest BCUT2D eigenvalue weighted by atomic mass is 127. The Morgan fingerprint density at radius 2 is 1.82 bits per heavy atom. The van der Waals surface area contributed by atoms with E-state index in [1.54, 1.807) is 30.3 Å². The molecule has 0 radical (unpaired) electrons. The summed E-state index contributed by atoms with van der Waals surface area (Å²) in [5, 5.41) is 13.3. The fourth-order valence-corrected chi connectivity index (χ4v) is 4.40. The fraction of sp³-hybridized carbons (Fsp3) is 0.154. The molecular weight excluding hydrogens is 586 g/mol. The molecule has 3 rings (SSSR count). The summed E-state index contributed by atoms with van der Waals surface area (Å²) in [6.45, 7) is 2.21. The molecule has 8 heteroatoms. The van der Waals surface area contributed by atoms with Crippen molar-refractivity contribution in [3.8, 4) is 17.6 Å². The fourth-order valence-electron chi connectivity index (χ4n) is 3.12. The first-order chi connectivity index (χ1) is 16.4. The van der Waals surface area contributed by atoms with E-state index < -0.39 is 5.91 Å². The Labute approximate surface area is 222 Å². The Hall–Kier alpha value is -2.73. The molecule has 3 aromatic carbocycles. The van der Waals surface area contributed by atoms with Gasteiger partial charge in [-0.25, -0.2) is 0 Å². The molecule has 0 heterocycles. The number of carbonyl (C=O) groups is 1. The summed E-state index contributed by atoms with van der Waals surface area (Å²) in [5.74, 6) is 0.471. The van der Waals surface area contributed by atoms with Crippen LogP contribution in [0, 0.1) is 14.9 Å². The Morgan fingerprint density at radius 1 is 1.15 bits per heavy atom. The molecule has 0 saturated heterocycles. The van der Waals surface area contributed by atoms with Crippen LogP contribution in [0.2, 0.25) is 10.0 Å². The number of nitrogens with zero attached hydrogens (tertiary/aromatic N) is 1. The molecule has 1 amide bonds. The van der Waals surface area contributed by atoms with Gasteiger partial charge in [-0.3, -0.25) is 4.79 Å². The van der Waals surface area contributed by atoms with E-state index in [-0.39, 0.29) is 12.2 Å². The maximum Gasteiger partial charge on any atom is 0.266 e. The summed E-state index contributed by atoms with van der Waals surface area (Å²) >= 11 is 14.6. The third-order valence-electron chi connectivity index (χ3n) is 4.97. The summed E-state index contributed by atoms with van der Waals surface area (Å²) in [6.07, 6.45) is 2.41. The summed E-state index contributed by atoms with van der Waals surface area (Å²) in [6, 6.07) is 18.2. The molecule has 0 aliphatic carbocycles. The standard InChI is InChI=1S/C26H21Cl2IN2O3/c1-3-16-7-9-19(10-8-16)31-26(32)18(14-30)11-17-12-23(29)25(24(13-17)33-2)34-15-20-21(27)5-4-6-22(20)28/h4-13H,3,15H2,1-2H3,(H,31,32)/b18-11-. The van der Waals surface area contributed by atoms with Gasteiger partial charge in [-0.15, -0.1) is 0 Å². The average molecular weight is 607 g/mol. The van der Waals surface area contributed by atoms with Crippen LogP contribution in [0.1, 0.15) is 23.6 Å². The quantitative estimate of drug-likeness (QED) is 0.166. The van der Waals surface area contributed by atoms with Crippen molar-refractivity contribution in [1.82, 2.24) is 0 Å². The maximum absolute atomic E-state index is 12.6. The second-order valence-corrected chi connectivity index (χ2v) is 9.17. The van der Waals surface area contributed by atoms with Crippen LogP contribution in [-0.4, -0.2) is 13.0 Å². The number of nitriles is 1. The molecule has 0 fully saturated rings. The lowest BCUT2D eigenvalue weighted by Crippen LogP contribution is -2.13. The SMILES string of the molecule is CCc1ccc(NC(=O)/C(C#N)=C\c2cc(I)c(OCc3c(Cl)cccc3Cl)c(OC)c2)cc1. The number of methoxy groups -OCH3 is 1. The predicted molar refractivity (Wildman–Crippen MR) is 145 cm³/mol. The lowest BCUT2D eigenvalue weighted by atomic mass is 10.1. The Bertz CT molecular complexity index is 1250. The number of nitrogens with one attached hydrogen (secondary N) is 1. The number of carbonyl (C=O) groups excluding carboxylic acids is 1. The van der Waals surface area contributed by atoms with E-state index >= 15 is 0 Å². The molecule has 0 saturated carbocycles. The second-order valence-electron chi connectivity index (χ2n) is 7.20. The van der Waals surface area contributed by atoms with Gasteiger partial charge in [0.15, 0.2) is 11.5 Å². The van der Waals surface area contributed by atoms with E-state index in [1.165, 1.54) is 13.2 Å². The van der Waals surface area contributed by atoms with Crippen LogP contribution in [0.25, 0.3) is 6.08 Å². The molecule has 0 bridgehead atoms. The minimum atomic E-state index is -0.491. The van der Waals surface area contributed by atoms with Crippen molar-refractivity contribution >= 4 is 63.5 Å². The van der Waals surface area contributed by atoms with Crippen molar-refractivity contribution in [3.05, 3.63) is 90.5 Å². The third kappa shape index (κ3) is 6.44. The van der Waals surface area contributed by atoms with Crippen LogP contribution in [0.4, 0.5) is 5.69 Å². The normalized spacial score (nSPS) is 11.0. The van der Waals surface area contributed by atoms with E-state index in [2.05, 4.69) is 34.8 Å². The maximum atomic E-state index is 12.6. The summed E-state index contributed by atoms with van der Waals surface area (Å²) in [5.41, 5.74) is 3.04. The lowest BCUT2D eigenvalue weighted by molar-refractivity contribution is -0.112. The molecule has 0 aliphatic rings. The van der Waals surface area contributed by atoms with Crippen molar-refractivity contribution in [2.24, 2.45) is 0 Å². The predicted octanol–water partition coefficient (Wildman–Crippen LogP) is 7.29. The van der Waals surface area contributed by atoms with Crippen LogP contribution in [0.3, 0.4) is 0 Å². The van der Waals surface area contributed by atoms with Crippen molar-refractivity contribution in [2.75, 3.05) is 12.4 Å². The van der Waals surface area contributed by atoms with E-state index in [1.807, 2.05) is 30.3 Å². The molecule has 0 atom stereocenters. The molecule has 0 unspecified atom stereocenters. The first kappa shape index (κ1) is 25.9. The van der Waals surface area contributed by atoms with E-state index in [4.69, 9.17) is 32.7 Å². The number of anilines is 1. The number of aryl methyl sites for hydroxylation is 1. The van der Waals surface area contributed by atoms with Crippen molar-refractivity contribution < 1.29 is 14.3 Å². The van der Waals surface area contributed by atoms with Crippen LogP contribution < -0.4 is 14.8 Å². The minimum absolute atomic E-state index is 0.0334. The Morgan fingerprint density at radius 3 is 2.41 bits per heavy atom. The second kappa shape index (κ2) is 12.1. The highest BCUT2D eigenvalue weighted by molar-refractivity contribution is 14.1. The topological polar surface area (TPSA) is 71.4 Å². The summed E-state index contributed by atoms with van der Waals surface area (Å²) < 4.78 is 12.2. The van der Waals surface area contributed by atoms with Gasteiger partial charge in [0.05, 0.1) is 10.7 Å². The van der Waals surface area contributed by atoms with E-state index in [0.717, 1.165) is 15.6 Å². The smallest absolute Gasteiger partial charge is 0.266 e. The van der Waals surface area contributed by atoms with Gasteiger partial charge >= 0.3 is 0 Å². The minimum Gasteiger partial charge on any atom is -0.493 e. The highest BCUT2D eigenvalue weighted by Gasteiger charge is 2.15. The molecule has 174 valence electrons. The number of amides is 1. The van der Waals surface area contributed by atoms with Gasteiger partial charge in [0.1, 0.15) is 18.2 Å². The van der Waals surface area contributed by atoms with Crippen molar-refractivity contribution in [3.63, 3.8) is 0 Å². The molecule has 3 aromatic rings. The number of benzene rings is 3. The lowest BCUT2D eigenvalue weighted by Gasteiger charge is -2.15. The number of rotatable bonds is 8. The van der Waals surface area contributed by atoms with Gasteiger partial charge in [-0.1, -0.05) is 48.3 Å². The average Bonchev–Trinajstić information content (AvgIpc) is 2.83. The monoisotopic (exact) mass is 606 g/mol. The Kier molecular flexibility index (Phi) is 9.22. The van der Waals surface area contributed by atoms with Gasteiger partial charge < -0.3 is 14.8 Å². The van der Waals surface area contributed by atoms with E-state index in [0.29, 0.717) is 38.4 Å². The first-order valence-electron chi connectivity index (χ1n) is 10.3. The zero-order valence-electron chi connectivity index (χ0n) is 18.5. The van der Waals surface area contributed by atoms with Gasteiger partial charge in [-0.05, 0) is 82.6 Å².